The third kappa shape index (κ3) is 3.33. The Morgan fingerprint density at radius 3 is 2.67 bits per heavy atom. The number of alkyl halides is 1. The molecule has 0 bridgehead atoms. The van der Waals surface area contributed by atoms with Crippen LogP contribution in [0.3, 0.4) is 0 Å². The van der Waals surface area contributed by atoms with Crippen molar-refractivity contribution in [2.75, 3.05) is 0 Å². The molecule has 1 heterocycles. The number of aromatic nitrogens is 1. The van der Waals surface area contributed by atoms with Crippen molar-refractivity contribution in [3.8, 4) is 11.3 Å². The minimum absolute atomic E-state index is 0.185. The predicted molar refractivity (Wildman–Crippen MR) is 80.4 cm³/mol. The fraction of sp³-hybridized carbons (Fsp3) is 0.400. The van der Waals surface area contributed by atoms with Crippen LogP contribution < -0.4 is 0 Å². The van der Waals surface area contributed by atoms with Crippen molar-refractivity contribution in [2.24, 2.45) is 5.92 Å². The van der Waals surface area contributed by atoms with Gasteiger partial charge in [-0.1, -0.05) is 50.6 Å². The molecule has 0 N–H and O–H groups in total. The van der Waals surface area contributed by atoms with Crippen molar-refractivity contribution in [1.82, 2.24) is 4.98 Å². The second-order valence-corrected chi connectivity index (χ2v) is 6.10. The molecule has 0 aliphatic carbocycles. The first kappa shape index (κ1) is 13.6. The molecule has 0 spiro atoms. The Labute approximate surface area is 118 Å². The lowest BCUT2D eigenvalue weighted by Crippen LogP contribution is -2.13. The van der Waals surface area contributed by atoms with Crippen LogP contribution in [0.25, 0.3) is 11.3 Å². The number of hydrogen-bond acceptors (Lipinski definition) is 2. The molecule has 0 aliphatic rings. The van der Waals surface area contributed by atoms with Crippen LogP contribution in [0.5, 0.6) is 0 Å². The van der Waals surface area contributed by atoms with Gasteiger partial charge >= 0.3 is 0 Å². The van der Waals surface area contributed by atoms with Crippen LogP contribution in [0.4, 0.5) is 0 Å². The van der Waals surface area contributed by atoms with E-state index in [1.807, 2.05) is 18.2 Å². The van der Waals surface area contributed by atoms with E-state index in [0.29, 0.717) is 5.92 Å². The maximum absolute atomic E-state index is 6.39. The Hall–Kier alpha value is -0.860. The van der Waals surface area contributed by atoms with Crippen LogP contribution in [0.1, 0.15) is 25.3 Å². The topological polar surface area (TPSA) is 12.9 Å². The third-order valence-electron chi connectivity index (χ3n) is 3.25. The zero-order chi connectivity index (χ0) is 13.0. The van der Waals surface area contributed by atoms with Gasteiger partial charge in [-0.2, -0.15) is 0 Å². The number of rotatable bonds is 5. The molecule has 0 fully saturated rings. The highest BCUT2D eigenvalue weighted by atomic mass is 35.5. The van der Waals surface area contributed by atoms with E-state index in [1.165, 1.54) is 5.56 Å². The summed E-state index contributed by atoms with van der Waals surface area (Å²) in [7, 11) is 0. The Morgan fingerprint density at radius 2 is 2.00 bits per heavy atom. The summed E-state index contributed by atoms with van der Waals surface area (Å²) in [5.41, 5.74) is 2.23. The fourth-order valence-corrected chi connectivity index (χ4v) is 3.05. The Morgan fingerprint density at radius 1 is 1.28 bits per heavy atom. The van der Waals surface area contributed by atoms with Crippen LogP contribution in [0, 0.1) is 5.92 Å². The molecule has 0 amide bonds. The van der Waals surface area contributed by atoms with Crippen molar-refractivity contribution in [1.29, 1.82) is 0 Å². The van der Waals surface area contributed by atoms with Gasteiger partial charge in [0, 0.05) is 22.7 Å². The highest BCUT2D eigenvalue weighted by Crippen LogP contribution is 2.25. The van der Waals surface area contributed by atoms with Crippen LogP contribution in [0.15, 0.2) is 35.7 Å². The first-order valence-corrected chi connectivity index (χ1v) is 7.66. The minimum Gasteiger partial charge on any atom is -0.241 e. The van der Waals surface area contributed by atoms with Gasteiger partial charge in [-0.05, 0) is 5.92 Å². The van der Waals surface area contributed by atoms with Gasteiger partial charge in [0.1, 0.15) is 0 Å². The SMILES string of the molecule is CCC(C)C(Cl)Cc1nc(-c2ccccc2)cs1. The van der Waals surface area contributed by atoms with E-state index in [9.17, 15) is 0 Å². The molecule has 96 valence electrons. The standard InChI is InChI=1S/C15H18ClNS/c1-3-11(2)13(16)9-15-17-14(10-18-15)12-7-5-4-6-8-12/h4-8,10-11,13H,3,9H2,1-2H3. The van der Waals surface area contributed by atoms with Crippen molar-refractivity contribution < 1.29 is 0 Å². The maximum atomic E-state index is 6.39. The quantitative estimate of drug-likeness (QED) is 0.702. The van der Waals surface area contributed by atoms with Gasteiger partial charge in [-0.15, -0.1) is 22.9 Å². The van der Waals surface area contributed by atoms with Crippen LogP contribution in [0.2, 0.25) is 0 Å². The summed E-state index contributed by atoms with van der Waals surface area (Å²) in [6.45, 7) is 4.38. The van der Waals surface area contributed by atoms with Gasteiger partial charge in [0.05, 0.1) is 10.7 Å². The molecule has 0 aliphatic heterocycles. The Balaban J connectivity index is 2.07. The molecule has 1 aromatic heterocycles. The summed E-state index contributed by atoms with van der Waals surface area (Å²) in [5.74, 6) is 0.538. The lowest BCUT2D eigenvalue weighted by atomic mass is 10.0. The number of thiazole rings is 1. The second-order valence-electron chi connectivity index (χ2n) is 4.60. The normalized spacial score (nSPS) is 14.4. The lowest BCUT2D eigenvalue weighted by Gasteiger charge is -2.14. The van der Waals surface area contributed by atoms with E-state index < -0.39 is 0 Å². The lowest BCUT2D eigenvalue weighted by molar-refractivity contribution is 0.524. The van der Waals surface area contributed by atoms with E-state index >= 15 is 0 Å². The van der Waals surface area contributed by atoms with Gasteiger partial charge in [0.15, 0.2) is 0 Å². The summed E-state index contributed by atoms with van der Waals surface area (Å²) in [4.78, 5) is 4.67. The van der Waals surface area contributed by atoms with Crippen molar-refractivity contribution >= 4 is 22.9 Å². The summed E-state index contributed by atoms with van der Waals surface area (Å²) in [6, 6.07) is 10.3. The van der Waals surface area contributed by atoms with Crippen LogP contribution in [-0.2, 0) is 6.42 Å². The summed E-state index contributed by atoms with van der Waals surface area (Å²) in [5, 5.41) is 3.43. The van der Waals surface area contributed by atoms with Gasteiger partial charge < -0.3 is 0 Å². The molecule has 0 saturated heterocycles. The van der Waals surface area contributed by atoms with E-state index in [4.69, 9.17) is 11.6 Å². The average molecular weight is 280 g/mol. The molecule has 1 nitrogen and oxygen atoms in total. The predicted octanol–water partition coefficient (Wildman–Crippen LogP) is 5.01. The molecule has 18 heavy (non-hydrogen) atoms. The van der Waals surface area contributed by atoms with Crippen LogP contribution in [-0.4, -0.2) is 10.4 Å². The van der Waals surface area contributed by atoms with Gasteiger partial charge in [0.25, 0.3) is 0 Å². The third-order valence-corrected chi connectivity index (χ3v) is 4.71. The van der Waals surface area contributed by atoms with Crippen LogP contribution >= 0.6 is 22.9 Å². The first-order valence-electron chi connectivity index (χ1n) is 6.34. The van der Waals surface area contributed by atoms with Crippen molar-refractivity contribution in [3.05, 3.63) is 40.7 Å². The van der Waals surface area contributed by atoms with E-state index in [-0.39, 0.29) is 5.38 Å². The molecular formula is C15H18ClNS. The van der Waals surface area contributed by atoms with Crippen molar-refractivity contribution in [2.45, 2.75) is 32.1 Å². The zero-order valence-corrected chi connectivity index (χ0v) is 12.3. The molecule has 0 saturated carbocycles. The number of halogens is 1. The molecule has 3 heteroatoms. The first-order chi connectivity index (χ1) is 8.70. The summed E-state index contributed by atoms with van der Waals surface area (Å²) < 4.78 is 0. The van der Waals surface area contributed by atoms with E-state index in [2.05, 4.69) is 36.3 Å². The maximum Gasteiger partial charge on any atom is 0.0947 e. The highest BCUT2D eigenvalue weighted by molar-refractivity contribution is 7.10. The monoisotopic (exact) mass is 279 g/mol. The molecule has 2 aromatic rings. The number of nitrogens with zero attached hydrogens (tertiary/aromatic N) is 1. The fourth-order valence-electron chi connectivity index (χ4n) is 1.77. The zero-order valence-electron chi connectivity index (χ0n) is 10.8. The highest BCUT2D eigenvalue weighted by Gasteiger charge is 2.15. The summed E-state index contributed by atoms with van der Waals surface area (Å²) >= 11 is 8.09. The number of benzene rings is 1. The molecular weight excluding hydrogens is 262 g/mol. The smallest absolute Gasteiger partial charge is 0.0947 e. The van der Waals surface area contributed by atoms with E-state index in [1.54, 1.807) is 11.3 Å². The Kier molecular flexibility index (Phi) is 4.79. The molecule has 2 atom stereocenters. The largest absolute Gasteiger partial charge is 0.241 e. The van der Waals surface area contributed by atoms with Gasteiger partial charge in [0.2, 0.25) is 0 Å². The summed E-state index contributed by atoms with van der Waals surface area (Å²) in [6.07, 6.45) is 1.99. The molecule has 1 aromatic carbocycles. The van der Waals surface area contributed by atoms with Crippen molar-refractivity contribution in [3.63, 3.8) is 0 Å². The second kappa shape index (κ2) is 6.35. The molecule has 2 rings (SSSR count). The molecule has 0 radical (unpaired) electrons. The molecule has 2 unspecified atom stereocenters. The van der Waals surface area contributed by atoms with Gasteiger partial charge in [-0.25, -0.2) is 4.98 Å². The average Bonchev–Trinajstić information content (AvgIpc) is 2.87. The van der Waals surface area contributed by atoms with Gasteiger partial charge in [-0.3, -0.25) is 0 Å². The van der Waals surface area contributed by atoms with E-state index in [0.717, 1.165) is 23.5 Å². The minimum atomic E-state index is 0.185. The Bertz CT molecular complexity index is 480. The number of hydrogen-bond donors (Lipinski definition) is 0.